The lowest BCUT2D eigenvalue weighted by Crippen LogP contribution is -2.31. The number of hydrogen-bond acceptors (Lipinski definition) is 4. The molecular formula is C18H26O4. The maximum atomic E-state index is 10.9. The first-order chi connectivity index (χ1) is 10.3. The molecule has 2 saturated heterocycles. The van der Waals surface area contributed by atoms with Gasteiger partial charge in [-0.2, -0.15) is 0 Å². The molecule has 0 amide bonds. The maximum Gasteiger partial charge on any atom is 0.307 e. The summed E-state index contributed by atoms with van der Waals surface area (Å²) >= 11 is 0. The van der Waals surface area contributed by atoms with Gasteiger partial charge in [-0.1, -0.05) is 39.5 Å². The monoisotopic (exact) mass is 306 g/mol. The fourth-order valence-electron chi connectivity index (χ4n) is 3.06. The quantitative estimate of drug-likeness (QED) is 0.629. The number of hydrogen-bond donors (Lipinski definition) is 1. The lowest BCUT2D eigenvalue weighted by atomic mass is 9.87. The van der Waals surface area contributed by atoms with Crippen LogP contribution < -0.4 is 0 Å². The number of ether oxygens (including phenoxy) is 2. The van der Waals surface area contributed by atoms with Crippen LogP contribution in [0.1, 0.15) is 53.4 Å². The molecule has 0 aliphatic carbocycles. The first-order valence-electron chi connectivity index (χ1n) is 7.82. The predicted molar refractivity (Wildman–Crippen MR) is 84.5 cm³/mol. The second kappa shape index (κ2) is 7.18. The molecular weight excluding hydrogens is 280 g/mol. The molecule has 4 nitrogen and oxygen atoms in total. The topological polar surface area (TPSA) is 55.8 Å². The maximum absolute atomic E-state index is 10.9. The van der Waals surface area contributed by atoms with Crippen LogP contribution in [-0.2, 0) is 14.3 Å². The number of aliphatic hydroxyl groups is 1. The van der Waals surface area contributed by atoms with E-state index in [1.165, 1.54) is 0 Å². The number of esters is 1. The van der Waals surface area contributed by atoms with Crippen molar-refractivity contribution in [3.63, 3.8) is 0 Å². The summed E-state index contributed by atoms with van der Waals surface area (Å²) in [6.07, 6.45) is 12.6. The Hall–Kier alpha value is -1.49. The molecule has 0 spiro atoms. The van der Waals surface area contributed by atoms with Crippen molar-refractivity contribution < 1.29 is 19.4 Å². The van der Waals surface area contributed by atoms with Gasteiger partial charge in [-0.05, 0) is 12.8 Å². The number of terminal acetylenes is 2. The number of cyclic esters (lactones) is 1. The Balaban J connectivity index is 0.000000220. The first kappa shape index (κ1) is 18.6. The van der Waals surface area contributed by atoms with E-state index in [0.717, 1.165) is 6.42 Å². The van der Waals surface area contributed by atoms with Crippen molar-refractivity contribution in [1.82, 2.24) is 0 Å². The number of rotatable bonds is 2. The van der Waals surface area contributed by atoms with E-state index in [4.69, 9.17) is 22.3 Å². The van der Waals surface area contributed by atoms with E-state index in [-0.39, 0.29) is 17.8 Å². The Morgan fingerprint density at radius 2 is 1.73 bits per heavy atom. The van der Waals surface area contributed by atoms with Crippen LogP contribution in [0.25, 0.3) is 0 Å². The fourth-order valence-corrected chi connectivity index (χ4v) is 3.06. The second-order valence-electron chi connectivity index (χ2n) is 6.06. The van der Waals surface area contributed by atoms with Crippen LogP contribution >= 0.6 is 0 Å². The smallest absolute Gasteiger partial charge is 0.307 e. The zero-order valence-corrected chi connectivity index (χ0v) is 13.9. The van der Waals surface area contributed by atoms with Crippen molar-refractivity contribution in [3.05, 3.63) is 0 Å². The van der Waals surface area contributed by atoms with E-state index in [0.29, 0.717) is 19.3 Å². The van der Waals surface area contributed by atoms with Crippen molar-refractivity contribution in [1.29, 1.82) is 0 Å². The molecule has 2 aliphatic rings. The van der Waals surface area contributed by atoms with E-state index >= 15 is 0 Å². The van der Waals surface area contributed by atoms with Gasteiger partial charge in [0, 0.05) is 18.3 Å². The van der Waals surface area contributed by atoms with Gasteiger partial charge in [0.25, 0.3) is 0 Å². The van der Waals surface area contributed by atoms with Gasteiger partial charge in [0.1, 0.15) is 5.60 Å². The molecule has 0 saturated carbocycles. The van der Waals surface area contributed by atoms with Crippen LogP contribution in [0.15, 0.2) is 0 Å². The van der Waals surface area contributed by atoms with Gasteiger partial charge >= 0.3 is 5.97 Å². The van der Waals surface area contributed by atoms with Crippen molar-refractivity contribution in [2.75, 3.05) is 0 Å². The standard InChI is InChI=1S/C9H14O2.C9H12O2/c2*1-4-9(5-2)7(3)6-8(10)11-9/h1,7-8,10H,5-6H2,2-3H3;1,7H,5-6H2,2-3H3/t7-,8?,9+;7-,9+/m00/s1. The number of carbonyl (C=O) groups excluding carboxylic acids is 1. The average molecular weight is 306 g/mol. The molecule has 1 unspecified atom stereocenters. The predicted octanol–water partition coefficient (Wildman–Crippen LogP) is 2.49. The average Bonchev–Trinajstić information content (AvgIpc) is 2.95. The van der Waals surface area contributed by atoms with Gasteiger partial charge in [0.2, 0.25) is 0 Å². The van der Waals surface area contributed by atoms with Crippen molar-refractivity contribution in [2.45, 2.75) is 70.9 Å². The van der Waals surface area contributed by atoms with Gasteiger partial charge in [-0.15, -0.1) is 12.8 Å². The third-order valence-corrected chi connectivity index (χ3v) is 4.80. The molecule has 22 heavy (non-hydrogen) atoms. The SMILES string of the molecule is C#C[C@]1(CC)OC(=O)C[C@@H]1C.C#C[C@]1(CC)OC(O)C[C@@H]1C. The summed E-state index contributed by atoms with van der Waals surface area (Å²) in [6, 6.07) is 0. The molecule has 0 aromatic heterocycles. The van der Waals surface area contributed by atoms with Gasteiger partial charge in [-0.3, -0.25) is 4.79 Å². The highest BCUT2D eigenvalue weighted by Gasteiger charge is 2.44. The minimum atomic E-state index is -0.666. The first-order valence-corrected chi connectivity index (χ1v) is 7.82. The second-order valence-corrected chi connectivity index (χ2v) is 6.06. The number of aliphatic hydroxyl groups excluding tert-OH is 1. The zero-order chi connectivity index (χ0) is 17.0. The molecule has 5 atom stereocenters. The van der Waals surface area contributed by atoms with Crippen molar-refractivity contribution >= 4 is 5.97 Å². The Morgan fingerprint density at radius 3 is 1.91 bits per heavy atom. The summed E-state index contributed by atoms with van der Waals surface area (Å²) in [5, 5.41) is 9.18. The molecule has 0 bridgehead atoms. The van der Waals surface area contributed by atoms with Crippen LogP contribution in [0.2, 0.25) is 0 Å². The molecule has 2 rings (SSSR count). The van der Waals surface area contributed by atoms with Crippen molar-refractivity contribution in [2.24, 2.45) is 11.8 Å². The van der Waals surface area contributed by atoms with Crippen LogP contribution in [0.3, 0.4) is 0 Å². The van der Waals surface area contributed by atoms with Crippen LogP contribution in [0, 0.1) is 36.5 Å². The third kappa shape index (κ3) is 3.46. The summed E-state index contributed by atoms with van der Waals surface area (Å²) in [5.74, 6) is 5.43. The normalized spacial score (nSPS) is 40.1. The summed E-state index contributed by atoms with van der Waals surface area (Å²) < 4.78 is 10.4. The Morgan fingerprint density at radius 1 is 1.18 bits per heavy atom. The van der Waals surface area contributed by atoms with Gasteiger partial charge in [0.15, 0.2) is 11.9 Å². The lowest BCUT2D eigenvalue weighted by Gasteiger charge is -2.24. The zero-order valence-electron chi connectivity index (χ0n) is 13.9. The molecule has 2 aliphatic heterocycles. The summed E-state index contributed by atoms with van der Waals surface area (Å²) in [6.45, 7) is 7.89. The van der Waals surface area contributed by atoms with E-state index in [1.54, 1.807) is 0 Å². The minimum Gasteiger partial charge on any atom is -0.446 e. The number of carbonyl (C=O) groups is 1. The fraction of sp³-hybridized carbons (Fsp3) is 0.722. The third-order valence-electron chi connectivity index (χ3n) is 4.80. The van der Waals surface area contributed by atoms with Gasteiger partial charge in [-0.25, -0.2) is 0 Å². The van der Waals surface area contributed by atoms with Crippen LogP contribution in [0.5, 0.6) is 0 Å². The van der Waals surface area contributed by atoms with E-state index in [9.17, 15) is 9.90 Å². The summed E-state index contributed by atoms with van der Waals surface area (Å²) in [7, 11) is 0. The van der Waals surface area contributed by atoms with E-state index in [2.05, 4.69) is 11.8 Å². The molecule has 2 heterocycles. The molecule has 2 fully saturated rings. The molecule has 4 heteroatoms. The van der Waals surface area contributed by atoms with Gasteiger partial charge < -0.3 is 14.6 Å². The molecule has 0 aromatic carbocycles. The summed E-state index contributed by atoms with van der Waals surface area (Å²) in [5.41, 5.74) is -1.13. The Bertz CT molecular complexity index is 486. The highest BCUT2D eigenvalue weighted by Crippen LogP contribution is 2.37. The molecule has 0 aromatic rings. The summed E-state index contributed by atoms with van der Waals surface area (Å²) in [4.78, 5) is 10.9. The molecule has 1 N–H and O–H groups in total. The Labute approximate surface area is 133 Å². The lowest BCUT2D eigenvalue weighted by molar-refractivity contribution is -0.145. The van der Waals surface area contributed by atoms with Gasteiger partial charge in [0.05, 0.1) is 6.42 Å². The Kier molecular flexibility index (Phi) is 6.06. The largest absolute Gasteiger partial charge is 0.446 e. The highest BCUT2D eigenvalue weighted by atomic mass is 16.6. The highest BCUT2D eigenvalue weighted by molar-refractivity contribution is 5.73. The van der Waals surface area contributed by atoms with Crippen LogP contribution in [-0.4, -0.2) is 28.6 Å². The van der Waals surface area contributed by atoms with E-state index in [1.807, 2.05) is 27.7 Å². The minimum absolute atomic E-state index is 0.157. The van der Waals surface area contributed by atoms with Crippen molar-refractivity contribution in [3.8, 4) is 24.7 Å². The van der Waals surface area contributed by atoms with Crippen LogP contribution in [0.4, 0.5) is 0 Å². The molecule has 122 valence electrons. The van der Waals surface area contributed by atoms with E-state index < -0.39 is 17.5 Å². The molecule has 0 radical (unpaired) electrons.